The number of anilines is 1. The number of fused-ring (bicyclic) bond motifs is 3. The second-order valence-corrected chi connectivity index (χ2v) is 4.55. The number of hydrogen-bond acceptors (Lipinski definition) is 3. The first-order valence-corrected chi connectivity index (χ1v) is 5.92. The molecule has 1 aromatic heterocycles. The largest absolute Gasteiger partial charge is 0.495 e. The summed E-state index contributed by atoms with van der Waals surface area (Å²) in [6.07, 6.45) is 1.05. The molecule has 3 rings (SSSR count). The van der Waals surface area contributed by atoms with Crippen LogP contribution in [0.15, 0.2) is 12.1 Å². The van der Waals surface area contributed by atoms with Gasteiger partial charge in [0, 0.05) is 17.1 Å². The van der Waals surface area contributed by atoms with Crippen molar-refractivity contribution in [3.05, 3.63) is 23.4 Å². The third-order valence-electron chi connectivity index (χ3n) is 3.59. The minimum absolute atomic E-state index is 0.358. The van der Waals surface area contributed by atoms with E-state index >= 15 is 0 Å². The van der Waals surface area contributed by atoms with E-state index in [1.807, 2.05) is 6.07 Å². The standard InChI is InChI=1S/C13H17N3O/c1-7-12-9(5-6-15-7)8-3-4-10(17-2)11(14)13(8)16-12/h3-4,7,15-16H,5-6,14H2,1-2H3. The number of nitrogens with two attached hydrogens (primary N) is 1. The molecule has 0 fully saturated rings. The van der Waals surface area contributed by atoms with E-state index in [0.717, 1.165) is 24.2 Å². The zero-order valence-corrected chi connectivity index (χ0v) is 10.1. The minimum atomic E-state index is 0.358. The van der Waals surface area contributed by atoms with Crippen molar-refractivity contribution in [1.29, 1.82) is 0 Å². The third kappa shape index (κ3) is 1.41. The van der Waals surface area contributed by atoms with Crippen molar-refractivity contribution in [1.82, 2.24) is 10.3 Å². The summed E-state index contributed by atoms with van der Waals surface area (Å²) >= 11 is 0. The van der Waals surface area contributed by atoms with Crippen LogP contribution in [0.2, 0.25) is 0 Å². The van der Waals surface area contributed by atoms with Gasteiger partial charge < -0.3 is 20.8 Å². The summed E-state index contributed by atoms with van der Waals surface area (Å²) in [7, 11) is 1.64. The number of aromatic amines is 1. The molecule has 4 N–H and O–H groups in total. The average Bonchev–Trinajstić information content (AvgIpc) is 2.71. The molecule has 1 atom stereocenters. The zero-order chi connectivity index (χ0) is 12.0. The van der Waals surface area contributed by atoms with Gasteiger partial charge in [-0.15, -0.1) is 0 Å². The first-order chi connectivity index (χ1) is 8.22. The average molecular weight is 231 g/mol. The maximum atomic E-state index is 6.11. The first-order valence-electron chi connectivity index (χ1n) is 5.92. The van der Waals surface area contributed by atoms with E-state index in [1.54, 1.807) is 7.11 Å². The lowest BCUT2D eigenvalue weighted by molar-refractivity contribution is 0.417. The molecule has 0 spiro atoms. The summed E-state index contributed by atoms with van der Waals surface area (Å²) in [6.45, 7) is 3.19. The van der Waals surface area contributed by atoms with Crippen LogP contribution in [-0.4, -0.2) is 18.6 Å². The number of H-pyrrole nitrogens is 1. The van der Waals surface area contributed by atoms with Gasteiger partial charge in [0.15, 0.2) is 0 Å². The topological polar surface area (TPSA) is 63.1 Å². The lowest BCUT2D eigenvalue weighted by Gasteiger charge is -2.20. The van der Waals surface area contributed by atoms with Gasteiger partial charge >= 0.3 is 0 Å². The van der Waals surface area contributed by atoms with Gasteiger partial charge in [-0.25, -0.2) is 0 Å². The number of nitrogens with one attached hydrogen (secondary N) is 2. The highest BCUT2D eigenvalue weighted by Gasteiger charge is 2.22. The van der Waals surface area contributed by atoms with E-state index in [9.17, 15) is 0 Å². The van der Waals surface area contributed by atoms with E-state index in [0.29, 0.717) is 11.7 Å². The highest BCUT2D eigenvalue weighted by atomic mass is 16.5. The summed E-state index contributed by atoms with van der Waals surface area (Å²) in [4.78, 5) is 3.44. The molecule has 0 aliphatic carbocycles. The Morgan fingerprint density at radius 3 is 3.00 bits per heavy atom. The fourth-order valence-electron chi connectivity index (χ4n) is 2.67. The van der Waals surface area contributed by atoms with Crippen molar-refractivity contribution < 1.29 is 4.74 Å². The number of nitrogen functional groups attached to an aromatic ring is 1. The summed E-state index contributed by atoms with van der Waals surface area (Å²) in [5, 5.41) is 4.67. The van der Waals surface area contributed by atoms with Crippen molar-refractivity contribution >= 4 is 16.6 Å². The Hall–Kier alpha value is -1.68. The van der Waals surface area contributed by atoms with Gasteiger partial charge in [0.2, 0.25) is 0 Å². The Balaban J connectivity index is 2.30. The Labute approximate surface area is 100 Å². The number of hydrogen-bond donors (Lipinski definition) is 3. The Bertz CT molecular complexity index is 574. The molecule has 0 radical (unpaired) electrons. The van der Waals surface area contributed by atoms with Crippen molar-refractivity contribution in [2.45, 2.75) is 19.4 Å². The van der Waals surface area contributed by atoms with E-state index < -0.39 is 0 Å². The van der Waals surface area contributed by atoms with Gasteiger partial charge in [-0.1, -0.05) is 0 Å². The molecule has 1 aromatic carbocycles. The molecule has 1 aliphatic rings. The van der Waals surface area contributed by atoms with Gasteiger partial charge in [-0.3, -0.25) is 0 Å². The molecular weight excluding hydrogens is 214 g/mol. The molecule has 4 nitrogen and oxygen atoms in total. The predicted molar refractivity (Wildman–Crippen MR) is 69.4 cm³/mol. The Morgan fingerprint density at radius 2 is 2.24 bits per heavy atom. The lowest BCUT2D eigenvalue weighted by Crippen LogP contribution is -2.27. The zero-order valence-electron chi connectivity index (χ0n) is 10.1. The third-order valence-corrected chi connectivity index (χ3v) is 3.59. The number of rotatable bonds is 1. The summed E-state index contributed by atoms with van der Waals surface area (Å²) < 4.78 is 5.25. The second-order valence-electron chi connectivity index (χ2n) is 4.55. The van der Waals surface area contributed by atoms with Crippen LogP contribution in [0.25, 0.3) is 10.9 Å². The quantitative estimate of drug-likeness (QED) is 0.657. The number of methoxy groups -OCH3 is 1. The second kappa shape index (κ2) is 3.67. The molecule has 2 aromatic rings. The Morgan fingerprint density at radius 1 is 1.41 bits per heavy atom. The molecule has 0 bridgehead atoms. The van der Waals surface area contributed by atoms with Crippen LogP contribution in [-0.2, 0) is 6.42 Å². The van der Waals surface area contributed by atoms with Crippen LogP contribution in [0.5, 0.6) is 5.75 Å². The van der Waals surface area contributed by atoms with E-state index in [-0.39, 0.29) is 0 Å². The van der Waals surface area contributed by atoms with E-state index in [2.05, 4.69) is 23.3 Å². The normalized spacial score (nSPS) is 19.3. The van der Waals surface area contributed by atoms with Crippen LogP contribution >= 0.6 is 0 Å². The summed E-state index contributed by atoms with van der Waals surface area (Å²) in [5.74, 6) is 0.733. The molecule has 0 saturated heterocycles. The molecule has 0 amide bonds. The van der Waals surface area contributed by atoms with Gasteiger partial charge in [-0.2, -0.15) is 0 Å². The highest BCUT2D eigenvalue weighted by Crippen LogP contribution is 2.36. The number of aromatic nitrogens is 1. The molecule has 90 valence electrons. The predicted octanol–water partition coefficient (Wildman–Crippen LogP) is 1.97. The Kier molecular flexibility index (Phi) is 2.26. The summed E-state index contributed by atoms with van der Waals surface area (Å²) in [5.41, 5.74) is 10.5. The molecule has 4 heteroatoms. The van der Waals surface area contributed by atoms with Crippen molar-refractivity contribution in [3.63, 3.8) is 0 Å². The van der Waals surface area contributed by atoms with Crippen molar-refractivity contribution in [3.8, 4) is 5.75 Å². The van der Waals surface area contributed by atoms with Crippen LogP contribution in [0, 0.1) is 0 Å². The fraction of sp³-hybridized carbons (Fsp3) is 0.385. The van der Waals surface area contributed by atoms with Crippen LogP contribution < -0.4 is 15.8 Å². The van der Waals surface area contributed by atoms with E-state index in [4.69, 9.17) is 10.5 Å². The lowest BCUT2D eigenvalue weighted by atomic mass is 10.00. The van der Waals surface area contributed by atoms with Gasteiger partial charge in [0.25, 0.3) is 0 Å². The van der Waals surface area contributed by atoms with Gasteiger partial charge in [0.05, 0.1) is 18.3 Å². The highest BCUT2D eigenvalue weighted by molar-refractivity contribution is 5.96. The van der Waals surface area contributed by atoms with Crippen LogP contribution in [0.1, 0.15) is 24.2 Å². The molecular formula is C13H17N3O. The van der Waals surface area contributed by atoms with Crippen molar-refractivity contribution in [2.24, 2.45) is 0 Å². The maximum Gasteiger partial charge on any atom is 0.143 e. The molecule has 17 heavy (non-hydrogen) atoms. The first kappa shape index (κ1) is 10.5. The van der Waals surface area contributed by atoms with E-state index in [1.165, 1.54) is 16.6 Å². The SMILES string of the molecule is COc1ccc2c3c([nH]c2c1N)C(C)NCC3. The monoisotopic (exact) mass is 231 g/mol. The smallest absolute Gasteiger partial charge is 0.143 e. The molecule has 1 unspecified atom stereocenters. The van der Waals surface area contributed by atoms with Gasteiger partial charge in [0.1, 0.15) is 5.75 Å². The van der Waals surface area contributed by atoms with Crippen LogP contribution in [0.4, 0.5) is 5.69 Å². The maximum absolute atomic E-state index is 6.11. The molecule has 1 aliphatic heterocycles. The van der Waals surface area contributed by atoms with Gasteiger partial charge in [-0.05, 0) is 37.6 Å². The number of benzene rings is 1. The van der Waals surface area contributed by atoms with Crippen molar-refractivity contribution in [2.75, 3.05) is 19.4 Å². The fourth-order valence-corrected chi connectivity index (χ4v) is 2.67. The number of ether oxygens (including phenoxy) is 1. The molecule has 0 saturated carbocycles. The minimum Gasteiger partial charge on any atom is -0.495 e. The van der Waals surface area contributed by atoms with Crippen LogP contribution in [0.3, 0.4) is 0 Å². The summed E-state index contributed by atoms with van der Waals surface area (Å²) in [6, 6.07) is 4.40. The molecule has 2 heterocycles.